The summed E-state index contributed by atoms with van der Waals surface area (Å²) in [4.78, 5) is 47.5. The fourth-order valence-electron chi connectivity index (χ4n) is 2.44. The standard InChI is InChI=1S/C18H21N3O6/c1-3-26-17(24)15-11(2)20-18(25)21-13(15)10-27-14(22)9-19-16(23)12-7-5-4-6-8-12/h4-8,11H,3,9-10H2,1-2H3,(H,19,23)(H2,20,21,25)/t11-/m1/s1. The van der Waals surface area contributed by atoms with Crippen molar-refractivity contribution < 1.29 is 28.7 Å². The van der Waals surface area contributed by atoms with Gasteiger partial charge in [0.15, 0.2) is 0 Å². The monoisotopic (exact) mass is 375 g/mol. The molecule has 1 aromatic carbocycles. The molecule has 9 heteroatoms. The van der Waals surface area contributed by atoms with E-state index in [-0.39, 0.29) is 31.0 Å². The average molecular weight is 375 g/mol. The topological polar surface area (TPSA) is 123 Å². The summed E-state index contributed by atoms with van der Waals surface area (Å²) in [6, 6.07) is 7.30. The minimum atomic E-state index is -0.713. The van der Waals surface area contributed by atoms with Crippen molar-refractivity contribution in [3.63, 3.8) is 0 Å². The van der Waals surface area contributed by atoms with Crippen LogP contribution in [0.1, 0.15) is 24.2 Å². The van der Waals surface area contributed by atoms with Crippen LogP contribution in [0.4, 0.5) is 4.79 Å². The van der Waals surface area contributed by atoms with Gasteiger partial charge in [-0.05, 0) is 26.0 Å². The van der Waals surface area contributed by atoms with E-state index in [9.17, 15) is 19.2 Å². The number of urea groups is 1. The first-order chi connectivity index (χ1) is 12.9. The Kier molecular flexibility index (Phi) is 6.93. The minimum absolute atomic E-state index is 0.146. The number of benzene rings is 1. The van der Waals surface area contributed by atoms with Crippen LogP contribution in [0.25, 0.3) is 0 Å². The van der Waals surface area contributed by atoms with E-state index in [1.807, 2.05) is 0 Å². The van der Waals surface area contributed by atoms with Crippen LogP contribution in [-0.2, 0) is 19.1 Å². The third-order valence-corrected chi connectivity index (χ3v) is 3.67. The predicted octanol–water partition coefficient (Wildman–Crippen LogP) is 0.478. The number of amides is 3. The van der Waals surface area contributed by atoms with E-state index in [2.05, 4.69) is 16.0 Å². The Balaban J connectivity index is 1.94. The lowest BCUT2D eigenvalue weighted by atomic mass is 10.0. The number of nitrogens with one attached hydrogen (secondary N) is 3. The molecule has 2 rings (SSSR count). The third-order valence-electron chi connectivity index (χ3n) is 3.67. The molecule has 3 N–H and O–H groups in total. The molecular formula is C18H21N3O6. The zero-order valence-corrected chi connectivity index (χ0v) is 15.0. The van der Waals surface area contributed by atoms with Crippen molar-refractivity contribution in [2.75, 3.05) is 19.8 Å². The molecule has 0 saturated carbocycles. The highest BCUT2D eigenvalue weighted by atomic mass is 16.5. The molecule has 1 heterocycles. The first-order valence-corrected chi connectivity index (χ1v) is 8.39. The summed E-state index contributed by atoms with van der Waals surface area (Å²) in [5.41, 5.74) is 0.738. The summed E-state index contributed by atoms with van der Waals surface area (Å²) in [6.07, 6.45) is 0. The molecule has 0 unspecified atom stereocenters. The van der Waals surface area contributed by atoms with Crippen LogP contribution in [0.2, 0.25) is 0 Å². The van der Waals surface area contributed by atoms with Gasteiger partial charge in [-0.3, -0.25) is 9.59 Å². The SMILES string of the molecule is CCOC(=O)C1=C(COC(=O)CNC(=O)c2ccccc2)NC(=O)N[C@@H]1C. The zero-order chi connectivity index (χ0) is 19.8. The largest absolute Gasteiger partial charge is 0.463 e. The molecule has 1 atom stereocenters. The van der Waals surface area contributed by atoms with E-state index in [0.717, 1.165) is 0 Å². The van der Waals surface area contributed by atoms with Crippen LogP contribution < -0.4 is 16.0 Å². The lowest BCUT2D eigenvalue weighted by Crippen LogP contribution is -2.50. The number of ether oxygens (including phenoxy) is 2. The van der Waals surface area contributed by atoms with Gasteiger partial charge in [-0.2, -0.15) is 0 Å². The van der Waals surface area contributed by atoms with E-state index in [1.165, 1.54) is 0 Å². The van der Waals surface area contributed by atoms with Crippen LogP contribution in [-0.4, -0.2) is 49.7 Å². The Hall–Kier alpha value is -3.36. The highest BCUT2D eigenvalue weighted by Gasteiger charge is 2.30. The van der Waals surface area contributed by atoms with Crippen molar-refractivity contribution in [3.05, 3.63) is 47.2 Å². The van der Waals surface area contributed by atoms with Gasteiger partial charge in [-0.1, -0.05) is 18.2 Å². The van der Waals surface area contributed by atoms with E-state index in [4.69, 9.17) is 9.47 Å². The van der Waals surface area contributed by atoms with Crippen molar-refractivity contribution in [1.82, 2.24) is 16.0 Å². The normalized spacial score (nSPS) is 16.1. The average Bonchev–Trinajstić information content (AvgIpc) is 2.64. The molecule has 1 aromatic rings. The number of carbonyl (C=O) groups excluding carboxylic acids is 4. The molecule has 0 radical (unpaired) electrons. The Bertz CT molecular complexity index is 760. The summed E-state index contributed by atoms with van der Waals surface area (Å²) in [5, 5.41) is 7.42. The fraction of sp³-hybridized carbons (Fsp3) is 0.333. The fourth-order valence-corrected chi connectivity index (χ4v) is 2.44. The Morgan fingerprint density at radius 1 is 1.15 bits per heavy atom. The lowest BCUT2D eigenvalue weighted by molar-refractivity contribution is -0.142. The maximum atomic E-state index is 12.1. The smallest absolute Gasteiger partial charge is 0.338 e. The Morgan fingerprint density at radius 3 is 2.52 bits per heavy atom. The molecule has 144 valence electrons. The Labute approximate surface area is 156 Å². The molecule has 1 aliphatic rings. The second-order valence-electron chi connectivity index (χ2n) is 5.64. The predicted molar refractivity (Wildman–Crippen MR) is 94.5 cm³/mol. The van der Waals surface area contributed by atoms with Gasteiger partial charge in [0.1, 0.15) is 13.2 Å². The third kappa shape index (κ3) is 5.56. The number of carbonyl (C=O) groups is 4. The van der Waals surface area contributed by atoms with Crippen molar-refractivity contribution in [2.24, 2.45) is 0 Å². The molecule has 27 heavy (non-hydrogen) atoms. The summed E-state index contributed by atoms with van der Waals surface area (Å²) >= 11 is 0. The molecule has 1 aliphatic heterocycles. The van der Waals surface area contributed by atoms with Crippen molar-refractivity contribution >= 4 is 23.9 Å². The first-order valence-electron chi connectivity index (χ1n) is 8.39. The summed E-state index contributed by atoms with van der Waals surface area (Å²) in [6.45, 7) is 2.77. The molecule has 0 fully saturated rings. The van der Waals surface area contributed by atoms with Crippen molar-refractivity contribution in [2.45, 2.75) is 19.9 Å². The second-order valence-corrected chi connectivity index (χ2v) is 5.64. The molecule has 9 nitrogen and oxygen atoms in total. The van der Waals surface area contributed by atoms with Crippen LogP contribution in [0.5, 0.6) is 0 Å². The van der Waals surface area contributed by atoms with Gasteiger partial charge in [-0.15, -0.1) is 0 Å². The molecular weight excluding hydrogens is 354 g/mol. The van der Waals surface area contributed by atoms with E-state index < -0.39 is 29.9 Å². The van der Waals surface area contributed by atoms with Crippen LogP contribution >= 0.6 is 0 Å². The van der Waals surface area contributed by atoms with Gasteiger partial charge >= 0.3 is 18.0 Å². The van der Waals surface area contributed by atoms with Gasteiger partial charge in [0.2, 0.25) is 0 Å². The summed E-state index contributed by atoms with van der Waals surface area (Å²) in [5.74, 6) is -1.74. The van der Waals surface area contributed by atoms with Gasteiger partial charge < -0.3 is 25.4 Å². The lowest BCUT2D eigenvalue weighted by Gasteiger charge is -2.26. The highest BCUT2D eigenvalue weighted by Crippen LogP contribution is 2.14. The molecule has 0 aromatic heterocycles. The summed E-state index contributed by atoms with van der Waals surface area (Å²) < 4.78 is 10.0. The number of rotatable bonds is 7. The number of hydrogen-bond donors (Lipinski definition) is 3. The van der Waals surface area contributed by atoms with Gasteiger partial charge in [0, 0.05) is 5.56 Å². The first kappa shape index (κ1) is 20.0. The summed E-state index contributed by atoms with van der Waals surface area (Å²) in [7, 11) is 0. The van der Waals surface area contributed by atoms with Crippen molar-refractivity contribution in [3.8, 4) is 0 Å². The minimum Gasteiger partial charge on any atom is -0.463 e. The highest BCUT2D eigenvalue weighted by molar-refractivity contribution is 5.96. The number of esters is 2. The van der Waals surface area contributed by atoms with E-state index >= 15 is 0 Å². The number of hydrogen-bond acceptors (Lipinski definition) is 6. The van der Waals surface area contributed by atoms with E-state index in [0.29, 0.717) is 5.56 Å². The molecule has 3 amide bonds. The Morgan fingerprint density at radius 2 is 1.85 bits per heavy atom. The van der Waals surface area contributed by atoms with Crippen molar-refractivity contribution in [1.29, 1.82) is 0 Å². The molecule has 0 aliphatic carbocycles. The van der Waals surface area contributed by atoms with Crippen LogP contribution in [0.3, 0.4) is 0 Å². The maximum absolute atomic E-state index is 12.1. The maximum Gasteiger partial charge on any atom is 0.338 e. The second kappa shape index (κ2) is 9.37. The quantitative estimate of drug-likeness (QED) is 0.596. The van der Waals surface area contributed by atoms with Gasteiger partial charge in [0.05, 0.1) is 23.9 Å². The molecule has 0 spiro atoms. The van der Waals surface area contributed by atoms with E-state index in [1.54, 1.807) is 44.2 Å². The zero-order valence-electron chi connectivity index (χ0n) is 15.0. The molecule has 0 saturated heterocycles. The van der Waals surface area contributed by atoms with Crippen LogP contribution in [0.15, 0.2) is 41.6 Å². The molecule has 0 bridgehead atoms. The van der Waals surface area contributed by atoms with Gasteiger partial charge in [0.25, 0.3) is 5.91 Å². The van der Waals surface area contributed by atoms with Gasteiger partial charge in [-0.25, -0.2) is 9.59 Å². The van der Waals surface area contributed by atoms with Crippen LogP contribution in [0, 0.1) is 0 Å².